The third-order valence-corrected chi connectivity index (χ3v) is 3.78. The van der Waals surface area contributed by atoms with Crippen LogP contribution in [0.4, 0.5) is 0 Å². The molecule has 0 aromatic heterocycles. The molecule has 2 aromatic rings. The van der Waals surface area contributed by atoms with E-state index in [1.165, 1.54) is 16.3 Å². The molecule has 0 aliphatic rings. The van der Waals surface area contributed by atoms with Gasteiger partial charge in [-0.2, -0.15) is 0 Å². The van der Waals surface area contributed by atoms with Crippen LogP contribution in [0.3, 0.4) is 0 Å². The Hall–Kier alpha value is -1.91. The van der Waals surface area contributed by atoms with Gasteiger partial charge >= 0.3 is 0 Å². The molecule has 4 nitrogen and oxygen atoms in total. The SMILES string of the molecule is CC(NC(CCCN)C(N)=O)c1cccc2ccccc12. The molecule has 4 heteroatoms. The molecule has 1 amide bonds. The maximum atomic E-state index is 11.6. The topological polar surface area (TPSA) is 81.1 Å². The van der Waals surface area contributed by atoms with Gasteiger partial charge < -0.3 is 11.5 Å². The molecule has 0 radical (unpaired) electrons. The van der Waals surface area contributed by atoms with Gasteiger partial charge in [0, 0.05) is 6.04 Å². The summed E-state index contributed by atoms with van der Waals surface area (Å²) in [7, 11) is 0. The van der Waals surface area contributed by atoms with E-state index in [0.717, 1.165) is 6.42 Å². The molecule has 2 aromatic carbocycles. The fourth-order valence-electron chi connectivity index (χ4n) is 2.65. The molecular weight excluding hydrogens is 262 g/mol. The van der Waals surface area contributed by atoms with Gasteiger partial charge in [0.2, 0.25) is 5.91 Å². The minimum absolute atomic E-state index is 0.0476. The first-order valence-corrected chi connectivity index (χ1v) is 7.36. The van der Waals surface area contributed by atoms with E-state index in [4.69, 9.17) is 11.5 Å². The van der Waals surface area contributed by atoms with Crippen molar-refractivity contribution in [1.82, 2.24) is 5.32 Å². The van der Waals surface area contributed by atoms with Gasteiger partial charge in [-0.25, -0.2) is 0 Å². The molecule has 0 saturated carbocycles. The summed E-state index contributed by atoms with van der Waals surface area (Å²) in [6.07, 6.45) is 1.45. The van der Waals surface area contributed by atoms with Crippen molar-refractivity contribution < 1.29 is 4.79 Å². The summed E-state index contributed by atoms with van der Waals surface area (Å²) in [5.41, 5.74) is 12.2. The van der Waals surface area contributed by atoms with Crippen LogP contribution in [0, 0.1) is 0 Å². The minimum atomic E-state index is -0.345. The molecule has 21 heavy (non-hydrogen) atoms. The van der Waals surface area contributed by atoms with Crippen LogP contribution in [0.2, 0.25) is 0 Å². The Balaban J connectivity index is 2.21. The number of amides is 1. The summed E-state index contributed by atoms with van der Waals surface area (Å²) in [6, 6.07) is 14.2. The highest BCUT2D eigenvalue weighted by atomic mass is 16.1. The smallest absolute Gasteiger partial charge is 0.234 e. The molecule has 0 saturated heterocycles. The highest BCUT2D eigenvalue weighted by molar-refractivity contribution is 5.86. The van der Waals surface area contributed by atoms with Gasteiger partial charge in [-0.15, -0.1) is 0 Å². The molecule has 2 rings (SSSR count). The molecule has 112 valence electrons. The van der Waals surface area contributed by atoms with Crippen molar-refractivity contribution in [3.05, 3.63) is 48.0 Å². The predicted molar refractivity (Wildman–Crippen MR) is 86.8 cm³/mol. The Morgan fingerprint density at radius 1 is 1.19 bits per heavy atom. The Bertz CT molecular complexity index is 607. The zero-order valence-electron chi connectivity index (χ0n) is 12.4. The predicted octanol–water partition coefficient (Wildman–Crippen LogP) is 2.08. The van der Waals surface area contributed by atoms with Crippen LogP contribution in [0.5, 0.6) is 0 Å². The second-order valence-electron chi connectivity index (χ2n) is 5.34. The second kappa shape index (κ2) is 7.20. The number of benzene rings is 2. The lowest BCUT2D eigenvalue weighted by Crippen LogP contribution is -2.42. The van der Waals surface area contributed by atoms with Crippen molar-refractivity contribution in [1.29, 1.82) is 0 Å². The van der Waals surface area contributed by atoms with E-state index < -0.39 is 0 Å². The van der Waals surface area contributed by atoms with Crippen LogP contribution >= 0.6 is 0 Å². The van der Waals surface area contributed by atoms with E-state index in [1.807, 2.05) is 18.2 Å². The van der Waals surface area contributed by atoms with Crippen LogP contribution in [0.1, 0.15) is 31.4 Å². The van der Waals surface area contributed by atoms with Crippen molar-refractivity contribution in [2.75, 3.05) is 6.54 Å². The number of hydrogen-bond donors (Lipinski definition) is 3. The summed E-state index contributed by atoms with van der Waals surface area (Å²) >= 11 is 0. The quantitative estimate of drug-likeness (QED) is 0.728. The highest BCUT2D eigenvalue weighted by Gasteiger charge is 2.18. The average Bonchev–Trinajstić information content (AvgIpc) is 2.50. The first-order chi connectivity index (χ1) is 10.1. The Morgan fingerprint density at radius 3 is 2.62 bits per heavy atom. The van der Waals surface area contributed by atoms with E-state index in [2.05, 4.69) is 36.5 Å². The normalized spacial score (nSPS) is 14.0. The van der Waals surface area contributed by atoms with E-state index >= 15 is 0 Å². The van der Waals surface area contributed by atoms with E-state index in [0.29, 0.717) is 13.0 Å². The van der Waals surface area contributed by atoms with E-state index in [1.54, 1.807) is 0 Å². The van der Waals surface area contributed by atoms with Gasteiger partial charge in [0.05, 0.1) is 6.04 Å². The van der Waals surface area contributed by atoms with Crippen molar-refractivity contribution in [3.8, 4) is 0 Å². The largest absolute Gasteiger partial charge is 0.368 e. The number of hydrogen-bond acceptors (Lipinski definition) is 3. The maximum absolute atomic E-state index is 11.6. The summed E-state index contributed by atoms with van der Waals surface area (Å²) in [5, 5.41) is 5.72. The first-order valence-electron chi connectivity index (χ1n) is 7.36. The summed E-state index contributed by atoms with van der Waals surface area (Å²) in [5.74, 6) is -0.324. The van der Waals surface area contributed by atoms with Gasteiger partial charge in [0.15, 0.2) is 0 Å². The zero-order chi connectivity index (χ0) is 15.2. The molecule has 0 fully saturated rings. The lowest BCUT2D eigenvalue weighted by Gasteiger charge is -2.22. The molecule has 2 atom stereocenters. The fourth-order valence-corrected chi connectivity index (χ4v) is 2.65. The zero-order valence-corrected chi connectivity index (χ0v) is 12.4. The fraction of sp³-hybridized carbons (Fsp3) is 0.353. The molecule has 0 aliphatic carbocycles. The molecule has 0 heterocycles. The number of nitrogens with two attached hydrogens (primary N) is 2. The average molecular weight is 285 g/mol. The van der Waals surface area contributed by atoms with Crippen LogP contribution in [-0.2, 0) is 4.79 Å². The van der Waals surface area contributed by atoms with Crippen LogP contribution in [0.15, 0.2) is 42.5 Å². The highest BCUT2D eigenvalue weighted by Crippen LogP contribution is 2.24. The summed E-state index contributed by atoms with van der Waals surface area (Å²) < 4.78 is 0. The van der Waals surface area contributed by atoms with Crippen molar-refractivity contribution in [3.63, 3.8) is 0 Å². The van der Waals surface area contributed by atoms with Gasteiger partial charge in [-0.05, 0) is 42.6 Å². The van der Waals surface area contributed by atoms with Gasteiger partial charge in [0.25, 0.3) is 0 Å². The van der Waals surface area contributed by atoms with Gasteiger partial charge in [-0.1, -0.05) is 42.5 Å². The molecule has 0 spiro atoms. The Labute approximate surface area is 125 Å². The summed E-state index contributed by atoms with van der Waals surface area (Å²) in [6.45, 7) is 2.62. The third kappa shape index (κ3) is 3.80. The molecule has 2 unspecified atom stereocenters. The lowest BCUT2D eigenvalue weighted by molar-refractivity contribution is -0.120. The molecule has 0 aliphatic heterocycles. The Morgan fingerprint density at radius 2 is 1.90 bits per heavy atom. The van der Waals surface area contributed by atoms with E-state index in [-0.39, 0.29) is 18.0 Å². The minimum Gasteiger partial charge on any atom is -0.368 e. The van der Waals surface area contributed by atoms with Crippen LogP contribution in [-0.4, -0.2) is 18.5 Å². The number of primary amides is 1. The molecule has 0 bridgehead atoms. The molecular formula is C17H23N3O. The van der Waals surface area contributed by atoms with E-state index in [9.17, 15) is 4.79 Å². The number of carbonyl (C=O) groups is 1. The number of rotatable bonds is 7. The number of nitrogens with one attached hydrogen (secondary N) is 1. The van der Waals surface area contributed by atoms with Crippen molar-refractivity contribution in [2.45, 2.75) is 31.8 Å². The second-order valence-corrected chi connectivity index (χ2v) is 5.34. The van der Waals surface area contributed by atoms with Gasteiger partial charge in [-0.3, -0.25) is 10.1 Å². The number of fused-ring (bicyclic) bond motifs is 1. The van der Waals surface area contributed by atoms with Gasteiger partial charge in [0.1, 0.15) is 0 Å². The lowest BCUT2D eigenvalue weighted by atomic mass is 9.98. The monoisotopic (exact) mass is 285 g/mol. The summed E-state index contributed by atoms with van der Waals surface area (Å²) in [4.78, 5) is 11.6. The molecule has 5 N–H and O–H groups in total. The van der Waals surface area contributed by atoms with Crippen molar-refractivity contribution in [2.24, 2.45) is 11.5 Å². The van der Waals surface area contributed by atoms with Crippen LogP contribution < -0.4 is 16.8 Å². The van der Waals surface area contributed by atoms with Crippen LogP contribution in [0.25, 0.3) is 10.8 Å². The Kier molecular flexibility index (Phi) is 5.31. The number of carbonyl (C=O) groups excluding carboxylic acids is 1. The third-order valence-electron chi connectivity index (χ3n) is 3.78. The standard InChI is InChI=1S/C17H23N3O/c1-12(20-16(17(19)21)10-5-11-18)14-9-4-7-13-6-2-3-8-15(13)14/h2-4,6-9,12,16,20H,5,10-11,18H2,1H3,(H2,19,21). The maximum Gasteiger partial charge on any atom is 0.234 e. The van der Waals surface area contributed by atoms with Crippen molar-refractivity contribution >= 4 is 16.7 Å². The first kappa shape index (κ1) is 15.5.